The summed E-state index contributed by atoms with van der Waals surface area (Å²) in [6.07, 6.45) is 5.15. The number of hydrogen-bond acceptors (Lipinski definition) is 5. The summed E-state index contributed by atoms with van der Waals surface area (Å²) in [5.74, 6) is -0.431. The summed E-state index contributed by atoms with van der Waals surface area (Å²) < 4.78 is 10.2. The van der Waals surface area contributed by atoms with Gasteiger partial charge in [0.25, 0.3) is 6.29 Å². The Morgan fingerprint density at radius 3 is 2.39 bits per heavy atom. The SMILES string of the molecule is CCCCCc1ccc(CN2CCN(C(=O)OC3C=C(C)C(=O)O3)CC2)cc1. The Balaban J connectivity index is 1.40. The summed E-state index contributed by atoms with van der Waals surface area (Å²) in [7, 11) is 0. The number of nitrogens with zero attached hydrogens (tertiary/aromatic N) is 2. The smallest absolute Gasteiger partial charge is 0.413 e. The highest BCUT2D eigenvalue weighted by molar-refractivity contribution is 5.90. The average molecular weight is 386 g/mol. The van der Waals surface area contributed by atoms with Gasteiger partial charge in [0.2, 0.25) is 0 Å². The number of unbranched alkanes of at least 4 members (excludes halogenated alkanes) is 2. The number of hydrogen-bond donors (Lipinski definition) is 0. The molecule has 1 aromatic carbocycles. The molecule has 1 unspecified atom stereocenters. The molecule has 6 nitrogen and oxygen atoms in total. The summed E-state index contributed by atoms with van der Waals surface area (Å²) >= 11 is 0. The number of carbonyl (C=O) groups excluding carboxylic acids is 2. The number of esters is 1. The molecule has 0 radical (unpaired) electrons. The monoisotopic (exact) mass is 386 g/mol. The molecule has 0 aromatic heterocycles. The van der Waals surface area contributed by atoms with Gasteiger partial charge in [-0.3, -0.25) is 4.90 Å². The van der Waals surface area contributed by atoms with E-state index in [1.165, 1.54) is 36.5 Å². The van der Waals surface area contributed by atoms with Crippen LogP contribution in [-0.2, 0) is 27.2 Å². The van der Waals surface area contributed by atoms with Crippen molar-refractivity contribution in [1.82, 2.24) is 9.80 Å². The highest BCUT2D eigenvalue weighted by Gasteiger charge is 2.29. The molecule has 1 aromatic rings. The van der Waals surface area contributed by atoms with Crippen LogP contribution in [-0.4, -0.2) is 54.3 Å². The Morgan fingerprint density at radius 2 is 1.79 bits per heavy atom. The van der Waals surface area contributed by atoms with Gasteiger partial charge in [-0.1, -0.05) is 44.0 Å². The van der Waals surface area contributed by atoms with E-state index in [1.54, 1.807) is 11.8 Å². The molecule has 0 spiro atoms. The van der Waals surface area contributed by atoms with Crippen molar-refractivity contribution in [2.75, 3.05) is 26.2 Å². The number of amides is 1. The zero-order chi connectivity index (χ0) is 19.9. The first kappa shape index (κ1) is 20.4. The van der Waals surface area contributed by atoms with Crippen LogP contribution in [0, 0.1) is 0 Å². The number of piperazine rings is 1. The lowest BCUT2D eigenvalue weighted by Crippen LogP contribution is -2.49. The molecule has 0 aliphatic carbocycles. The van der Waals surface area contributed by atoms with Crippen LogP contribution in [0.3, 0.4) is 0 Å². The molecular formula is C22H30N2O4. The number of rotatable bonds is 7. The third kappa shape index (κ3) is 5.58. The van der Waals surface area contributed by atoms with Gasteiger partial charge < -0.3 is 14.4 Å². The molecule has 28 heavy (non-hydrogen) atoms. The number of benzene rings is 1. The van der Waals surface area contributed by atoms with E-state index in [-0.39, 0.29) is 0 Å². The minimum Gasteiger partial charge on any atom is -0.418 e. The molecule has 1 saturated heterocycles. The number of aryl methyl sites for hydroxylation is 1. The second kappa shape index (κ2) is 9.73. The fourth-order valence-corrected chi connectivity index (χ4v) is 3.47. The second-order valence-corrected chi connectivity index (χ2v) is 7.54. The standard InChI is InChI=1S/C22H30N2O4/c1-3-4-5-6-18-7-9-19(10-8-18)16-23-11-13-24(14-12-23)22(26)28-20-15-17(2)21(25)27-20/h7-10,15,20H,3-6,11-14,16H2,1-2H3. The maximum Gasteiger partial charge on any atom is 0.413 e. The maximum absolute atomic E-state index is 12.2. The van der Waals surface area contributed by atoms with Crippen molar-refractivity contribution in [1.29, 1.82) is 0 Å². The van der Waals surface area contributed by atoms with Gasteiger partial charge in [0, 0.05) is 44.4 Å². The second-order valence-electron chi connectivity index (χ2n) is 7.54. The van der Waals surface area contributed by atoms with Gasteiger partial charge in [0.05, 0.1) is 0 Å². The molecule has 1 fully saturated rings. The highest BCUT2D eigenvalue weighted by Crippen LogP contribution is 2.16. The van der Waals surface area contributed by atoms with Crippen LogP contribution in [0.5, 0.6) is 0 Å². The van der Waals surface area contributed by atoms with Gasteiger partial charge in [-0.25, -0.2) is 9.59 Å². The van der Waals surface area contributed by atoms with Gasteiger partial charge in [-0.15, -0.1) is 0 Å². The molecule has 0 N–H and O–H groups in total. The van der Waals surface area contributed by atoms with Gasteiger partial charge in [0.15, 0.2) is 0 Å². The van der Waals surface area contributed by atoms with Crippen LogP contribution in [0.15, 0.2) is 35.9 Å². The molecule has 6 heteroatoms. The van der Waals surface area contributed by atoms with Crippen LogP contribution in [0.1, 0.15) is 44.2 Å². The summed E-state index contributed by atoms with van der Waals surface area (Å²) in [4.78, 5) is 27.6. The van der Waals surface area contributed by atoms with E-state index in [9.17, 15) is 9.59 Å². The Hall–Kier alpha value is -2.34. The quantitative estimate of drug-likeness (QED) is 0.530. The summed E-state index contributed by atoms with van der Waals surface area (Å²) in [6.45, 7) is 7.57. The minimum absolute atomic E-state index is 0.431. The highest BCUT2D eigenvalue weighted by atomic mass is 16.7. The van der Waals surface area contributed by atoms with Crippen molar-refractivity contribution in [2.45, 2.75) is 52.4 Å². The van der Waals surface area contributed by atoms with E-state index >= 15 is 0 Å². The third-order valence-corrected chi connectivity index (χ3v) is 5.28. The van der Waals surface area contributed by atoms with E-state index in [2.05, 4.69) is 36.1 Å². The van der Waals surface area contributed by atoms with Crippen molar-refractivity contribution < 1.29 is 19.1 Å². The van der Waals surface area contributed by atoms with Gasteiger partial charge >= 0.3 is 12.1 Å². The first-order valence-corrected chi connectivity index (χ1v) is 10.2. The average Bonchev–Trinajstić information content (AvgIpc) is 3.01. The van der Waals surface area contributed by atoms with E-state index in [4.69, 9.17) is 9.47 Å². The lowest BCUT2D eigenvalue weighted by molar-refractivity contribution is -0.152. The predicted molar refractivity (Wildman–Crippen MR) is 107 cm³/mol. The van der Waals surface area contributed by atoms with Crippen molar-refractivity contribution in [3.05, 3.63) is 47.0 Å². The molecule has 1 amide bonds. The molecule has 2 aliphatic rings. The van der Waals surface area contributed by atoms with Crippen LogP contribution in [0.4, 0.5) is 4.79 Å². The van der Waals surface area contributed by atoms with E-state index < -0.39 is 18.4 Å². The molecular weight excluding hydrogens is 356 g/mol. The fourth-order valence-electron chi connectivity index (χ4n) is 3.47. The molecule has 152 valence electrons. The molecule has 0 bridgehead atoms. The van der Waals surface area contributed by atoms with Crippen molar-refractivity contribution in [3.63, 3.8) is 0 Å². The van der Waals surface area contributed by atoms with Crippen LogP contribution >= 0.6 is 0 Å². The van der Waals surface area contributed by atoms with Gasteiger partial charge in [-0.05, 0) is 30.9 Å². The normalized spacial score (nSPS) is 20.1. The predicted octanol–water partition coefficient (Wildman–Crippen LogP) is 3.50. The largest absolute Gasteiger partial charge is 0.418 e. The van der Waals surface area contributed by atoms with E-state index in [0.29, 0.717) is 18.7 Å². The van der Waals surface area contributed by atoms with E-state index in [1.807, 2.05) is 0 Å². The number of carbonyl (C=O) groups is 2. The van der Waals surface area contributed by atoms with Gasteiger partial charge in [-0.2, -0.15) is 0 Å². The topological polar surface area (TPSA) is 59.1 Å². The maximum atomic E-state index is 12.2. The zero-order valence-corrected chi connectivity index (χ0v) is 16.9. The van der Waals surface area contributed by atoms with E-state index in [0.717, 1.165) is 26.1 Å². The first-order valence-electron chi connectivity index (χ1n) is 10.2. The molecule has 2 heterocycles. The Morgan fingerprint density at radius 1 is 1.11 bits per heavy atom. The fraction of sp³-hybridized carbons (Fsp3) is 0.545. The number of cyclic esters (lactones) is 1. The number of ether oxygens (including phenoxy) is 2. The van der Waals surface area contributed by atoms with Crippen LogP contribution in [0.25, 0.3) is 0 Å². The lowest BCUT2D eigenvalue weighted by atomic mass is 10.1. The summed E-state index contributed by atoms with van der Waals surface area (Å²) in [6, 6.07) is 8.89. The van der Waals surface area contributed by atoms with Crippen molar-refractivity contribution >= 4 is 12.1 Å². The summed E-state index contributed by atoms with van der Waals surface area (Å²) in [5, 5.41) is 0. The minimum atomic E-state index is -0.895. The molecule has 3 rings (SSSR count). The van der Waals surface area contributed by atoms with Crippen LogP contribution < -0.4 is 0 Å². The molecule has 0 saturated carbocycles. The van der Waals surface area contributed by atoms with Crippen molar-refractivity contribution in [2.24, 2.45) is 0 Å². The van der Waals surface area contributed by atoms with Crippen LogP contribution in [0.2, 0.25) is 0 Å². The lowest BCUT2D eigenvalue weighted by Gasteiger charge is -2.34. The van der Waals surface area contributed by atoms with Crippen molar-refractivity contribution in [3.8, 4) is 0 Å². The molecule has 1 atom stereocenters. The third-order valence-electron chi connectivity index (χ3n) is 5.28. The Bertz CT molecular complexity index is 706. The first-order chi connectivity index (χ1) is 13.5. The Labute approximate surface area is 167 Å². The zero-order valence-electron chi connectivity index (χ0n) is 16.9. The van der Waals surface area contributed by atoms with Gasteiger partial charge in [0.1, 0.15) is 0 Å². The summed E-state index contributed by atoms with van der Waals surface area (Å²) in [5.41, 5.74) is 3.18. The Kier molecular flexibility index (Phi) is 7.09. The molecule has 2 aliphatic heterocycles.